The van der Waals surface area contributed by atoms with Crippen LogP contribution >= 0.6 is 0 Å². The van der Waals surface area contributed by atoms with Crippen LogP contribution in [0.1, 0.15) is 20.3 Å². The molecule has 1 amide bonds. The van der Waals surface area contributed by atoms with Crippen molar-refractivity contribution in [1.29, 1.82) is 0 Å². The predicted molar refractivity (Wildman–Crippen MR) is 42.5 cm³/mol. The highest BCUT2D eigenvalue weighted by Crippen LogP contribution is 1.99. The largest absolute Gasteiger partial charge is 0.274 e. The molecule has 0 aromatic rings. The number of hydrogen-bond acceptors (Lipinski definition) is 3. The van der Waals surface area contributed by atoms with Crippen molar-refractivity contribution >= 4 is 15.9 Å². The second-order valence-electron chi connectivity index (χ2n) is 2.12. The van der Waals surface area contributed by atoms with Crippen molar-refractivity contribution in [2.24, 2.45) is 0 Å². The summed E-state index contributed by atoms with van der Waals surface area (Å²) in [6.07, 6.45) is 0.218. The van der Waals surface area contributed by atoms with E-state index in [1.165, 1.54) is 14.0 Å². The van der Waals surface area contributed by atoms with Crippen LogP contribution < -0.4 is 0 Å². The fourth-order valence-electron chi connectivity index (χ4n) is 0.571. The normalized spacial score (nSPS) is 11.2. The third-order valence-corrected chi connectivity index (χ3v) is 3.20. The summed E-state index contributed by atoms with van der Waals surface area (Å²) in [4.78, 5) is 10.9. The van der Waals surface area contributed by atoms with Gasteiger partial charge in [-0.2, -0.15) is 0 Å². The summed E-state index contributed by atoms with van der Waals surface area (Å²) in [6, 6.07) is 0. The number of rotatable bonds is 3. The molecule has 11 heavy (non-hydrogen) atoms. The van der Waals surface area contributed by atoms with Crippen molar-refractivity contribution in [3.05, 3.63) is 0 Å². The van der Waals surface area contributed by atoms with E-state index < -0.39 is 10.0 Å². The quantitative estimate of drug-likeness (QED) is 0.622. The lowest BCUT2D eigenvalue weighted by Crippen LogP contribution is -2.33. The average molecular weight is 179 g/mol. The molecule has 0 aliphatic carbocycles. The van der Waals surface area contributed by atoms with E-state index in [0.717, 1.165) is 4.31 Å². The van der Waals surface area contributed by atoms with Gasteiger partial charge in [-0.1, -0.05) is 6.92 Å². The Bertz CT molecular complexity index is 232. The highest BCUT2D eigenvalue weighted by Gasteiger charge is 2.18. The van der Waals surface area contributed by atoms with Gasteiger partial charge in [0.15, 0.2) is 0 Å². The van der Waals surface area contributed by atoms with Crippen LogP contribution in [0.4, 0.5) is 0 Å². The molecule has 0 heterocycles. The predicted octanol–water partition coefficient (Wildman–Crippen LogP) is 0.205. The second kappa shape index (κ2) is 3.71. The highest BCUT2D eigenvalue weighted by atomic mass is 32.2. The lowest BCUT2D eigenvalue weighted by Gasteiger charge is -2.14. The molecule has 0 unspecified atom stereocenters. The molecular formula is C6H13NO3S. The molecule has 0 spiro atoms. The topological polar surface area (TPSA) is 54.5 Å². The van der Waals surface area contributed by atoms with Crippen molar-refractivity contribution in [2.75, 3.05) is 12.8 Å². The lowest BCUT2D eigenvalue weighted by molar-refractivity contribution is -0.125. The van der Waals surface area contributed by atoms with Crippen molar-refractivity contribution in [1.82, 2.24) is 4.31 Å². The number of nitrogens with zero attached hydrogens (tertiary/aromatic N) is 1. The zero-order chi connectivity index (χ0) is 9.07. The van der Waals surface area contributed by atoms with E-state index in [-0.39, 0.29) is 18.1 Å². The standard InChI is InChI=1S/C6H13NO3S/c1-4-6(8)7(3)11(9,10)5-2/h4-5H2,1-3H3. The summed E-state index contributed by atoms with van der Waals surface area (Å²) in [7, 11) is -2.04. The minimum Gasteiger partial charge on any atom is -0.274 e. The van der Waals surface area contributed by atoms with E-state index in [2.05, 4.69) is 0 Å². The van der Waals surface area contributed by atoms with Crippen LogP contribution in [0, 0.1) is 0 Å². The minimum atomic E-state index is -3.33. The Morgan fingerprint density at radius 3 is 2.09 bits per heavy atom. The Balaban J connectivity index is 4.49. The van der Waals surface area contributed by atoms with Crippen molar-refractivity contribution in [3.63, 3.8) is 0 Å². The van der Waals surface area contributed by atoms with Crippen LogP contribution in [0.25, 0.3) is 0 Å². The first kappa shape index (κ1) is 10.4. The van der Waals surface area contributed by atoms with Gasteiger partial charge in [0, 0.05) is 13.5 Å². The molecule has 0 N–H and O–H groups in total. The van der Waals surface area contributed by atoms with Gasteiger partial charge in [0.05, 0.1) is 5.75 Å². The molecule has 0 atom stereocenters. The maximum atomic E-state index is 11.0. The van der Waals surface area contributed by atoms with E-state index in [0.29, 0.717) is 0 Å². The summed E-state index contributed by atoms with van der Waals surface area (Å²) in [5.41, 5.74) is 0. The molecule has 0 aromatic carbocycles. The zero-order valence-electron chi connectivity index (χ0n) is 6.99. The fourth-order valence-corrected chi connectivity index (χ4v) is 1.40. The minimum absolute atomic E-state index is 0.0325. The van der Waals surface area contributed by atoms with E-state index in [4.69, 9.17) is 0 Å². The molecule has 4 nitrogen and oxygen atoms in total. The molecule has 0 saturated heterocycles. The van der Waals surface area contributed by atoms with Crippen LogP contribution in [0.3, 0.4) is 0 Å². The van der Waals surface area contributed by atoms with Gasteiger partial charge >= 0.3 is 0 Å². The maximum Gasteiger partial charge on any atom is 0.236 e. The van der Waals surface area contributed by atoms with Gasteiger partial charge in [0.1, 0.15) is 0 Å². The highest BCUT2D eigenvalue weighted by molar-refractivity contribution is 7.89. The van der Waals surface area contributed by atoms with E-state index in [9.17, 15) is 13.2 Å². The molecule has 0 aliphatic rings. The summed E-state index contributed by atoms with van der Waals surface area (Å²) < 4.78 is 22.8. The summed E-state index contributed by atoms with van der Waals surface area (Å²) >= 11 is 0. The Morgan fingerprint density at radius 1 is 1.36 bits per heavy atom. The number of hydrogen-bond donors (Lipinski definition) is 0. The SMILES string of the molecule is CCC(=O)N(C)S(=O)(=O)CC. The molecule has 0 fully saturated rings. The van der Waals surface area contributed by atoms with Crippen LogP contribution in [0.2, 0.25) is 0 Å². The van der Waals surface area contributed by atoms with Gasteiger partial charge in [0.25, 0.3) is 0 Å². The van der Waals surface area contributed by atoms with Crippen LogP contribution in [0.15, 0.2) is 0 Å². The first-order valence-corrected chi connectivity index (χ1v) is 5.06. The first-order chi connectivity index (χ1) is 4.95. The number of sulfonamides is 1. The maximum absolute atomic E-state index is 11.0. The first-order valence-electron chi connectivity index (χ1n) is 3.45. The van der Waals surface area contributed by atoms with Gasteiger partial charge in [-0.05, 0) is 6.92 Å². The number of carbonyl (C=O) groups excluding carboxylic acids is 1. The summed E-state index contributed by atoms with van der Waals surface area (Å²) in [5.74, 6) is -0.401. The van der Waals surface area contributed by atoms with E-state index in [1.54, 1.807) is 6.92 Å². The molecule has 0 saturated carbocycles. The van der Waals surface area contributed by atoms with E-state index >= 15 is 0 Å². The Kier molecular flexibility index (Phi) is 3.51. The van der Waals surface area contributed by atoms with Gasteiger partial charge in [-0.15, -0.1) is 0 Å². The van der Waals surface area contributed by atoms with Crippen LogP contribution in [-0.4, -0.2) is 31.4 Å². The van der Waals surface area contributed by atoms with Gasteiger partial charge in [-0.25, -0.2) is 12.7 Å². The third kappa shape index (κ3) is 2.49. The monoisotopic (exact) mass is 179 g/mol. The van der Waals surface area contributed by atoms with Gasteiger partial charge in [-0.3, -0.25) is 4.79 Å². The van der Waals surface area contributed by atoms with Crippen LogP contribution in [0.5, 0.6) is 0 Å². The molecule has 66 valence electrons. The van der Waals surface area contributed by atoms with Crippen molar-refractivity contribution in [2.45, 2.75) is 20.3 Å². The lowest BCUT2D eigenvalue weighted by atomic mass is 10.5. The summed E-state index contributed by atoms with van der Waals surface area (Å²) in [5, 5.41) is 0. The molecular weight excluding hydrogens is 166 g/mol. The Morgan fingerprint density at radius 2 is 1.82 bits per heavy atom. The van der Waals surface area contributed by atoms with Gasteiger partial charge < -0.3 is 0 Å². The fraction of sp³-hybridized carbons (Fsp3) is 0.833. The van der Waals surface area contributed by atoms with E-state index in [1.807, 2.05) is 0 Å². The van der Waals surface area contributed by atoms with Crippen molar-refractivity contribution in [3.8, 4) is 0 Å². The molecule has 0 radical (unpaired) electrons. The average Bonchev–Trinajstić information content (AvgIpc) is 2.01. The molecule has 0 aromatic heterocycles. The van der Waals surface area contributed by atoms with Crippen molar-refractivity contribution < 1.29 is 13.2 Å². The second-order valence-corrected chi connectivity index (χ2v) is 4.40. The Hall–Kier alpha value is -0.580. The summed E-state index contributed by atoms with van der Waals surface area (Å²) in [6.45, 7) is 3.14. The third-order valence-electron chi connectivity index (χ3n) is 1.44. The molecule has 0 rings (SSSR count). The zero-order valence-corrected chi connectivity index (χ0v) is 7.81. The van der Waals surface area contributed by atoms with Crippen LogP contribution in [-0.2, 0) is 14.8 Å². The molecule has 0 aliphatic heterocycles. The molecule has 5 heteroatoms. The number of amides is 1. The smallest absolute Gasteiger partial charge is 0.236 e. The molecule has 0 bridgehead atoms. The Labute approximate surface area is 67.2 Å². The number of carbonyl (C=O) groups is 1. The van der Waals surface area contributed by atoms with Gasteiger partial charge in [0.2, 0.25) is 15.9 Å².